The lowest BCUT2D eigenvalue weighted by molar-refractivity contribution is 0.104. The highest BCUT2D eigenvalue weighted by Crippen LogP contribution is 2.51. The molecule has 0 atom stereocenters. The van der Waals surface area contributed by atoms with Gasteiger partial charge in [0.1, 0.15) is 5.75 Å². The van der Waals surface area contributed by atoms with Crippen molar-refractivity contribution in [3.63, 3.8) is 0 Å². The zero-order chi connectivity index (χ0) is 26.7. The minimum Gasteiger partial charge on any atom is -0.507 e. The number of aromatic hydroxyl groups is 1. The number of phenolic OH excluding ortho intramolecular Hbond substituents is 1. The minimum atomic E-state index is -4.37. The van der Waals surface area contributed by atoms with E-state index in [-0.39, 0.29) is 0 Å². The Labute approximate surface area is 200 Å². The summed E-state index contributed by atoms with van der Waals surface area (Å²) in [6, 6.07) is 1.37. The van der Waals surface area contributed by atoms with Crippen LogP contribution in [0.15, 0.2) is 18.2 Å². The number of benzene rings is 2. The van der Waals surface area contributed by atoms with E-state index >= 15 is 0 Å². The van der Waals surface area contributed by atoms with E-state index in [1.165, 1.54) is 0 Å². The van der Waals surface area contributed by atoms with Crippen LogP contribution in [0.5, 0.6) is 23.0 Å². The second kappa shape index (κ2) is 8.25. The normalized spacial score (nSPS) is 14.4. The molecule has 18 heteroatoms. The molecule has 3 rings (SSSR count). The summed E-state index contributed by atoms with van der Waals surface area (Å²) >= 11 is 0. The Morgan fingerprint density at radius 1 is 0.600 bits per heavy atom. The van der Waals surface area contributed by atoms with Crippen molar-refractivity contribution >= 4 is 62.8 Å². The third-order valence-electron chi connectivity index (χ3n) is 3.99. The molecule has 0 spiro atoms. The second-order valence-electron chi connectivity index (χ2n) is 7.29. The van der Waals surface area contributed by atoms with Crippen molar-refractivity contribution < 1.29 is 60.3 Å². The Kier molecular flexibility index (Phi) is 6.25. The summed E-state index contributed by atoms with van der Waals surface area (Å²) in [5.74, 6) is -4.97. The molecule has 0 radical (unpaired) electrons. The number of hydrogen-bond donors (Lipinski definition) is 1. The van der Waals surface area contributed by atoms with Gasteiger partial charge >= 0.3 is 40.5 Å². The van der Waals surface area contributed by atoms with Crippen LogP contribution in [0.3, 0.4) is 0 Å². The summed E-state index contributed by atoms with van der Waals surface area (Å²) < 4.78 is 114. The largest absolute Gasteiger partial charge is 0.507 e. The molecule has 1 N–H and O–H groups in total. The summed E-state index contributed by atoms with van der Waals surface area (Å²) in [6.07, 6.45) is 3.07. The van der Waals surface area contributed by atoms with Crippen molar-refractivity contribution in [3.8, 4) is 23.0 Å². The number of carbonyl (C=O) groups is 1. The minimum absolute atomic E-state index is 0.555. The Hall–Kier alpha value is -3.09. The van der Waals surface area contributed by atoms with Gasteiger partial charge in [-0.15, -0.1) is 0 Å². The van der Waals surface area contributed by atoms with Gasteiger partial charge in [0.15, 0.2) is 28.8 Å². The van der Waals surface area contributed by atoms with E-state index < -0.39 is 96.9 Å². The SMILES string of the molecule is CS(=O)(=O)OC1=CC(=O)c2c(O)cc(OS(C)(=O)=O)c3c(OS(C)(=O)=O)cc(OS(C)(=O)=O)c1c23. The summed E-state index contributed by atoms with van der Waals surface area (Å²) in [5.41, 5.74) is -1.16. The molecule has 35 heavy (non-hydrogen) atoms. The average molecular weight is 573 g/mol. The number of phenols is 1. The number of ketones is 1. The fraction of sp³-hybridized carbons (Fsp3) is 0.235. The zero-order valence-corrected chi connectivity index (χ0v) is 21.4. The lowest BCUT2D eigenvalue weighted by Crippen LogP contribution is -2.16. The number of carbonyl (C=O) groups excluding carboxylic acids is 1. The van der Waals surface area contributed by atoms with E-state index in [9.17, 15) is 43.6 Å². The highest BCUT2D eigenvalue weighted by Gasteiger charge is 2.35. The molecule has 1 aliphatic rings. The average Bonchev–Trinajstić information content (AvgIpc) is 2.54. The molecule has 14 nitrogen and oxygen atoms in total. The second-order valence-corrected chi connectivity index (χ2v) is 13.6. The van der Waals surface area contributed by atoms with Crippen LogP contribution in [0.1, 0.15) is 15.9 Å². The van der Waals surface area contributed by atoms with Gasteiger partial charge in [0.2, 0.25) is 0 Å². The molecule has 0 heterocycles. The topological polar surface area (TPSA) is 211 Å². The van der Waals surface area contributed by atoms with Crippen LogP contribution < -0.4 is 12.5 Å². The number of hydrogen-bond acceptors (Lipinski definition) is 14. The van der Waals surface area contributed by atoms with Crippen LogP contribution in [0, 0.1) is 0 Å². The van der Waals surface area contributed by atoms with Crippen molar-refractivity contribution in [1.82, 2.24) is 0 Å². The predicted octanol–water partition coefficient (Wildman–Crippen LogP) is 0.0740. The summed E-state index contributed by atoms with van der Waals surface area (Å²) in [4.78, 5) is 12.8. The van der Waals surface area contributed by atoms with Gasteiger partial charge in [-0.05, 0) is 0 Å². The predicted molar refractivity (Wildman–Crippen MR) is 120 cm³/mol. The van der Waals surface area contributed by atoms with Gasteiger partial charge in [-0.3, -0.25) is 4.79 Å². The van der Waals surface area contributed by atoms with Crippen LogP contribution in [-0.2, 0) is 44.7 Å². The molecule has 0 saturated carbocycles. The molecule has 0 unspecified atom stereocenters. The van der Waals surface area contributed by atoms with Crippen LogP contribution in [0.4, 0.5) is 0 Å². The first-order chi connectivity index (χ1) is 15.7. The van der Waals surface area contributed by atoms with Crippen molar-refractivity contribution in [2.45, 2.75) is 0 Å². The molecular formula is C17H16O14S4. The van der Waals surface area contributed by atoms with Gasteiger partial charge in [-0.2, -0.15) is 33.7 Å². The Morgan fingerprint density at radius 2 is 1.03 bits per heavy atom. The Morgan fingerprint density at radius 3 is 1.49 bits per heavy atom. The molecule has 192 valence electrons. The van der Waals surface area contributed by atoms with Crippen LogP contribution >= 0.6 is 0 Å². The highest BCUT2D eigenvalue weighted by atomic mass is 32.2. The third kappa shape index (κ3) is 6.13. The van der Waals surface area contributed by atoms with Gasteiger partial charge in [0.05, 0.1) is 41.5 Å². The maximum absolute atomic E-state index is 12.8. The zero-order valence-electron chi connectivity index (χ0n) is 18.1. The van der Waals surface area contributed by atoms with E-state index in [0.29, 0.717) is 43.2 Å². The standard InChI is InChI=1S/C17H16O14S4/c1-32(20,21)28-10-5-8(18)14-9(19)6-11(29-33(2,22)23)16-13(31-35(4,26)27)7-12(15(10)17(14)16)30-34(3,24)25/h5-7,18H,1-4H3. The van der Waals surface area contributed by atoms with Crippen molar-refractivity contribution in [1.29, 1.82) is 0 Å². The molecule has 0 aliphatic heterocycles. The maximum atomic E-state index is 12.8. The van der Waals surface area contributed by atoms with E-state index in [1.54, 1.807) is 0 Å². The van der Waals surface area contributed by atoms with Gasteiger partial charge < -0.3 is 21.8 Å². The summed E-state index contributed by atoms with van der Waals surface area (Å²) in [7, 11) is -17.4. The van der Waals surface area contributed by atoms with Gasteiger partial charge in [0.25, 0.3) is 0 Å². The molecule has 2 aromatic carbocycles. The molecule has 0 aromatic heterocycles. The third-order valence-corrected chi connectivity index (χ3v) is 5.92. The molecule has 0 fully saturated rings. The molecule has 0 saturated heterocycles. The monoisotopic (exact) mass is 572 g/mol. The molecule has 0 amide bonds. The molecule has 2 aromatic rings. The fourth-order valence-electron chi connectivity index (χ4n) is 3.20. The molecule has 0 bridgehead atoms. The first-order valence-electron chi connectivity index (χ1n) is 8.86. The molecule has 1 aliphatic carbocycles. The van der Waals surface area contributed by atoms with Gasteiger partial charge in [-0.25, -0.2) is 0 Å². The molecular weight excluding hydrogens is 556 g/mol. The van der Waals surface area contributed by atoms with Gasteiger partial charge in [0, 0.05) is 23.6 Å². The van der Waals surface area contributed by atoms with Crippen LogP contribution in [0.25, 0.3) is 16.5 Å². The van der Waals surface area contributed by atoms with E-state index in [2.05, 4.69) is 0 Å². The summed E-state index contributed by atoms with van der Waals surface area (Å²) in [6.45, 7) is 0. The van der Waals surface area contributed by atoms with Gasteiger partial charge in [-0.1, -0.05) is 0 Å². The highest BCUT2D eigenvalue weighted by molar-refractivity contribution is 7.87. The lowest BCUT2D eigenvalue weighted by Gasteiger charge is -2.23. The van der Waals surface area contributed by atoms with Crippen molar-refractivity contribution in [3.05, 3.63) is 29.3 Å². The number of rotatable bonds is 8. The van der Waals surface area contributed by atoms with E-state index in [1.807, 2.05) is 0 Å². The van der Waals surface area contributed by atoms with Crippen LogP contribution in [0.2, 0.25) is 0 Å². The van der Waals surface area contributed by atoms with E-state index in [0.717, 1.165) is 0 Å². The number of allylic oxidation sites excluding steroid dienone is 1. The van der Waals surface area contributed by atoms with Crippen molar-refractivity contribution in [2.24, 2.45) is 0 Å². The van der Waals surface area contributed by atoms with Crippen LogP contribution in [-0.4, -0.2) is 69.6 Å². The maximum Gasteiger partial charge on any atom is 0.306 e. The lowest BCUT2D eigenvalue weighted by atomic mass is 9.89. The van der Waals surface area contributed by atoms with Crippen molar-refractivity contribution in [2.75, 3.05) is 25.0 Å². The fourth-order valence-corrected chi connectivity index (χ4v) is 5.03. The Bertz CT molecular complexity index is 1750. The quantitative estimate of drug-likeness (QED) is 0.415. The Balaban J connectivity index is 2.65. The summed E-state index contributed by atoms with van der Waals surface area (Å²) in [5, 5.41) is 9.36. The first kappa shape index (κ1) is 26.5. The smallest absolute Gasteiger partial charge is 0.306 e. The first-order valence-corrected chi connectivity index (χ1v) is 16.1. The van der Waals surface area contributed by atoms with E-state index in [4.69, 9.17) is 16.7 Å².